The van der Waals surface area contributed by atoms with Gasteiger partial charge in [-0.15, -0.1) is 0 Å². The number of anilines is 1. The molecule has 106 valence electrons. The van der Waals surface area contributed by atoms with Gasteiger partial charge in [0.2, 0.25) is 5.91 Å². The van der Waals surface area contributed by atoms with Gasteiger partial charge in [0.05, 0.1) is 20.3 Å². The van der Waals surface area contributed by atoms with Gasteiger partial charge in [-0.1, -0.05) is 0 Å². The fraction of sp³-hybridized carbons (Fsp3) is 0.417. The van der Waals surface area contributed by atoms with Crippen molar-refractivity contribution in [1.29, 1.82) is 0 Å². The van der Waals surface area contributed by atoms with E-state index in [1.54, 1.807) is 7.11 Å². The zero-order chi connectivity index (χ0) is 14.3. The average Bonchev–Trinajstić information content (AvgIpc) is 2.34. The second-order valence-electron chi connectivity index (χ2n) is 3.69. The van der Waals surface area contributed by atoms with Crippen LogP contribution in [0.4, 0.5) is 14.5 Å². The van der Waals surface area contributed by atoms with Crippen molar-refractivity contribution in [3.63, 3.8) is 0 Å². The molecular weight excluding hydrogens is 258 g/mol. The lowest BCUT2D eigenvalue weighted by Crippen LogP contribution is -2.30. The van der Waals surface area contributed by atoms with Crippen LogP contribution in [0.25, 0.3) is 0 Å². The summed E-state index contributed by atoms with van der Waals surface area (Å²) in [5.74, 6) is -2.62. The Labute approximate surface area is 109 Å². The van der Waals surface area contributed by atoms with E-state index in [1.165, 1.54) is 7.11 Å². The summed E-state index contributed by atoms with van der Waals surface area (Å²) in [7, 11) is 2.71. The fourth-order valence-corrected chi connectivity index (χ4v) is 1.41. The third-order valence-corrected chi connectivity index (χ3v) is 2.25. The van der Waals surface area contributed by atoms with E-state index in [2.05, 4.69) is 15.4 Å². The van der Waals surface area contributed by atoms with Gasteiger partial charge in [-0.3, -0.25) is 4.79 Å². The number of halogens is 2. The van der Waals surface area contributed by atoms with Gasteiger partial charge in [0.25, 0.3) is 0 Å². The molecule has 0 spiro atoms. The summed E-state index contributed by atoms with van der Waals surface area (Å²) in [4.78, 5) is 11.5. The van der Waals surface area contributed by atoms with Crippen molar-refractivity contribution >= 4 is 11.6 Å². The van der Waals surface area contributed by atoms with Crippen molar-refractivity contribution < 1.29 is 23.0 Å². The molecule has 0 saturated heterocycles. The molecule has 0 aliphatic carbocycles. The van der Waals surface area contributed by atoms with Crippen LogP contribution in [-0.2, 0) is 9.53 Å². The maximum atomic E-state index is 13.4. The van der Waals surface area contributed by atoms with Crippen LogP contribution in [0.5, 0.6) is 5.75 Å². The molecule has 19 heavy (non-hydrogen) atoms. The van der Waals surface area contributed by atoms with E-state index in [-0.39, 0.29) is 12.2 Å². The number of nitrogens with one attached hydrogen (secondary N) is 2. The smallest absolute Gasteiger partial charge is 0.238 e. The second kappa shape index (κ2) is 7.65. The molecule has 0 atom stereocenters. The Bertz CT molecular complexity index is 418. The second-order valence-corrected chi connectivity index (χ2v) is 3.69. The highest BCUT2D eigenvalue weighted by Crippen LogP contribution is 2.25. The molecule has 0 bridgehead atoms. The fourth-order valence-electron chi connectivity index (χ4n) is 1.41. The van der Waals surface area contributed by atoms with E-state index in [4.69, 9.17) is 4.74 Å². The van der Waals surface area contributed by atoms with Gasteiger partial charge in [-0.05, 0) is 0 Å². The molecule has 0 aromatic heterocycles. The summed E-state index contributed by atoms with van der Waals surface area (Å²) in [6.07, 6.45) is 0. The quantitative estimate of drug-likeness (QED) is 0.732. The maximum Gasteiger partial charge on any atom is 0.238 e. The standard InChI is InChI=1S/C12H16F2N2O3/c1-18-4-3-15-7-11(17)16-8-5-9(13)12(19-2)10(14)6-8/h5-6,15H,3-4,7H2,1-2H3,(H,16,17). The van der Waals surface area contributed by atoms with Gasteiger partial charge in [0.1, 0.15) is 0 Å². The van der Waals surface area contributed by atoms with Crippen LogP contribution in [0.1, 0.15) is 0 Å². The highest BCUT2D eigenvalue weighted by molar-refractivity contribution is 5.92. The summed E-state index contributed by atoms with van der Waals surface area (Å²) in [6.45, 7) is 1.01. The minimum Gasteiger partial charge on any atom is -0.491 e. The highest BCUT2D eigenvalue weighted by Gasteiger charge is 2.12. The SMILES string of the molecule is COCCNCC(=O)Nc1cc(F)c(OC)c(F)c1. The summed E-state index contributed by atoms with van der Waals surface area (Å²) >= 11 is 0. The van der Waals surface area contributed by atoms with E-state index in [0.717, 1.165) is 12.1 Å². The number of carbonyl (C=O) groups is 1. The monoisotopic (exact) mass is 274 g/mol. The molecule has 0 radical (unpaired) electrons. The number of methoxy groups -OCH3 is 2. The van der Waals surface area contributed by atoms with E-state index in [9.17, 15) is 13.6 Å². The molecule has 0 aliphatic heterocycles. The first-order chi connectivity index (χ1) is 9.08. The Kier molecular flexibility index (Phi) is 6.17. The lowest BCUT2D eigenvalue weighted by molar-refractivity contribution is -0.115. The largest absolute Gasteiger partial charge is 0.491 e. The summed E-state index contributed by atoms with van der Waals surface area (Å²) < 4.78 is 36.1. The van der Waals surface area contributed by atoms with Gasteiger partial charge < -0.3 is 20.1 Å². The van der Waals surface area contributed by atoms with Crippen LogP contribution in [0.2, 0.25) is 0 Å². The Hall–Kier alpha value is -1.73. The molecule has 1 aromatic carbocycles. The van der Waals surface area contributed by atoms with E-state index < -0.39 is 23.3 Å². The summed E-state index contributed by atoms with van der Waals surface area (Å²) in [5.41, 5.74) is 0.0364. The summed E-state index contributed by atoms with van der Waals surface area (Å²) in [6, 6.07) is 1.99. The van der Waals surface area contributed by atoms with Gasteiger partial charge >= 0.3 is 0 Å². The van der Waals surface area contributed by atoms with E-state index >= 15 is 0 Å². The van der Waals surface area contributed by atoms with Crippen molar-refractivity contribution in [2.75, 3.05) is 39.2 Å². The normalized spacial score (nSPS) is 10.3. The molecule has 0 unspecified atom stereocenters. The molecule has 5 nitrogen and oxygen atoms in total. The molecule has 0 heterocycles. The first-order valence-electron chi connectivity index (χ1n) is 5.61. The van der Waals surface area contributed by atoms with Crippen LogP contribution in [0.3, 0.4) is 0 Å². The molecule has 7 heteroatoms. The Morgan fingerprint density at radius 2 is 1.89 bits per heavy atom. The Balaban J connectivity index is 2.55. The summed E-state index contributed by atoms with van der Waals surface area (Å²) in [5, 5.41) is 5.18. The van der Waals surface area contributed by atoms with Crippen molar-refractivity contribution in [2.45, 2.75) is 0 Å². The van der Waals surface area contributed by atoms with Crippen LogP contribution < -0.4 is 15.4 Å². The van der Waals surface area contributed by atoms with Crippen LogP contribution in [-0.4, -0.2) is 39.8 Å². The number of amides is 1. The van der Waals surface area contributed by atoms with Crippen molar-refractivity contribution in [3.05, 3.63) is 23.8 Å². The van der Waals surface area contributed by atoms with Gasteiger partial charge in [-0.2, -0.15) is 0 Å². The molecule has 1 amide bonds. The van der Waals surface area contributed by atoms with Gasteiger partial charge in [0.15, 0.2) is 17.4 Å². The maximum absolute atomic E-state index is 13.4. The Morgan fingerprint density at radius 1 is 1.26 bits per heavy atom. The molecule has 0 fully saturated rings. The lowest BCUT2D eigenvalue weighted by atomic mass is 10.2. The molecule has 1 aromatic rings. The van der Waals surface area contributed by atoms with Crippen molar-refractivity contribution in [3.8, 4) is 5.75 Å². The molecular formula is C12H16F2N2O3. The number of rotatable bonds is 7. The minimum absolute atomic E-state index is 0.0264. The first kappa shape index (κ1) is 15.3. The molecule has 1 rings (SSSR count). The third-order valence-electron chi connectivity index (χ3n) is 2.25. The van der Waals surface area contributed by atoms with Crippen molar-refractivity contribution in [2.24, 2.45) is 0 Å². The lowest BCUT2D eigenvalue weighted by Gasteiger charge is -2.09. The zero-order valence-corrected chi connectivity index (χ0v) is 10.8. The van der Waals surface area contributed by atoms with Crippen LogP contribution in [0.15, 0.2) is 12.1 Å². The van der Waals surface area contributed by atoms with Crippen LogP contribution >= 0.6 is 0 Å². The predicted octanol–water partition coefficient (Wildman–Crippen LogP) is 1.15. The number of hydrogen-bond donors (Lipinski definition) is 2. The zero-order valence-electron chi connectivity index (χ0n) is 10.8. The number of carbonyl (C=O) groups excluding carboxylic acids is 1. The van der Waals surface area contributed by atoms with Gasteiger partial charge in [-0.25, -0.2) is 8.78 Å². The average molecular weight is 274 g/mol. The number of benzene rings is 1. The van der Waals surface area contributed by atoms with Crippen molar-refractivity contribution in [1.82, 2.24) is 5.32 Å². The van der Waals surface area contributed by atoms with Gasteiger partial charge in [0, 0.05) is 31.5 Å². The van der Waals surface area contributed by atoms with E-state index in [0.29, 0.717) is 13.2 Å². The molecule has 0 saturated carbocycles. The van der Waals surface area contributed by atoms with E-state index in [1.807, 2.05) is 0 Å². The third kappa shape index (κ3) is 4.80. The molecule has 0 aliphatic rings. The highest BCUT2D eigenvalue weighted by atomic mass is 19.1. The predicted molar refractivity (Wildman–Crippen MR) is 66.3 cm³/mol. The first-order valence-corrected chi connectivity index (χ1v) is 5.61. The topological polar surface area (TPSA) is 59.6 Å². The minimum atomic E-state index is -0.870. The number of ether oxygens (including phenoxy) is 2. The number of hydrogen-bond acceptors (Lipinski definition) is 4. The molecule has 2 N–H and O–H groups in total. The van der Waals surface area contributed by atoms with Crippen LogP contribution in [0, 0.1) is 11.6 Å². The Morgan fingerprint density at radius 3 is 2.42 bits per heavy atom.